The first-order valence-corrected chi connectivity index (χ1v) is 7.06. The fourth-order valence-electron chi connectivity index (χ4n) is 2.79. The number of rotatable bonds is 6. The number of allylic oxidation sites excluding steroid dienone is 1. The smallest absolute Gasteiger partial charge is 0.166 e. The molecule has 0 aromatic heterocycles. The average molecular weight is 242 g/mol. The van der Waals surface area contributed by atoms with Crippen molar-refractivity contribution >= 4 is 5.78 Å². The Morgan fingerprint density at radius 1 is 1.22 bits per heavy atom. The van der Waals surface area contributed by atoms with E-state index in [1.54, 1.807) is 0 Å². The van der Waals surface area contributed by atoms with Crippen LogP contribution in [0.3, 0.4) is 0 Å². The molecule has 1 unspecified atom stereocenters. The Morgan fingerprint density at radius 2 is 2.06 bits per heavy atom. The third kappa shape index (κ3) is 3.10. The fourth-order valence-corrected chi connectivity index (χ4v) is 2.79. The lowest BCUT2D eigenvalue weighted by Gasteiger charge is -2.23. The molecule has 0 aliphatic heterocycles. The summed E-state index contributed by atoms with van der Waals surface area (Å²) in [6.07, 6.45) is 9.84. The number of ketones is 1. The number of aryl methyl sites for hydroxylation is 1. The molecule has 1 aliphatic carbocycles. The van der Waals surface area contributed by atoms with E-state index in [4.69, 9.17) is 0 Å². The highest BCUT2D eigenvalue weighted by Crippen LogP contribution is 2.28. The van der Waals surface area contributed by atoms with Crippen LogP contribution in [0.4, 0.5) is 0 Å². The van der Waals surface area contributed by atoms with Crippen LogP contribution in [-0.4, -0.2) is 5.78 Å². The molecular formula is C17H22O. The zero-order chi connectivity index (χ0) is 12.8. The molecule has 0 bridgehead atoms. The maximum absolute atomic E-state index is 12.3. The zero-order valence-electron chi connectivity index (χ0n) is 11.0. The van der Waals surface area contributed by atoms with Gasteiger partial charge >= 0.3 is 0 Å². The SMILES string of the molecule is C=CCCCCCC1CCc2ccccc2C1=O. The number of hydrogen-bond acceptors (Lipinski definition) is 1. The van der Waals surface area contributed by atoms with Crippen LogP contribution in [0.2, 0.25) is 0 Å². The molecule has 0 heterocycles. The Morgan fingerprint density at radius 3 is 2.89 bits per heavy atom. The minimum atomic E-state index is 0.267. The van der Waals surface area contributed by atoms with Crippen molar-refractivity contribution in [2.45, 2.75) is 44.9 Å². The predicted molar refractivity (Wildman–Crippen MR) is 75.9 cm³/mol. The van der Waals surface area contributed by atoms with Gasteiger partial charge in [0, 0.05) is 11.5 Å². The first-order chi connectivity index (χ1) is 8.83. The van der Waals surface area contributed by atoms with Crippen molar-refractivity contribution in [3.8, 4) is 0 Å². The molecule has 1 aromatic rings. The molecule has 0 radical (unpaired) electrons. The highest BCUT2D eigenvalue weighted by molar-refractivity contribution is 6.00. The molecule has 2 rings (SSSR count). The van der Waals surface area contributed by atoms with Gasteiger partial charge in [0.2, 0.25) is 0 Å². The highest BCUT2D eigenvalue weighted by Gasteiger charge is 2.26. The predicted octanol–water partition coefficient (Wildman–Crippen LogP) is 4.57. The van der Waals surface area contributed by atoms with Gasteiger partial charge < -0.3 is 0 Å². The molecule has 0 saturated heterocycles. The van der Waals surface area contributed by atoms with Crippen molar-refractivity contribution in [2.75, 3.05) is 0 Å². The van der Waals surface area contributed by atoms with Crippen molar-refractivity contribution in [2.24, 2.45) is 5.92 Å². The van der Waals surface area contributed by atoms with Gasteiger partial charge in [-0.25, -0.2) is 0 Å². The average Bonchev–Trinajstić information content (AvgIpc) is 2.41. The number of unbranched alkanes of at least 4 members (excludes halogenated alkanes) is 3. The first-order valence-electron chi connectivity index (χ1n) is 7.06. The van der Waals surface area contributed by atoms with Crippen molar-refractivity contribution < 1.29 is 4.79 Å². The lowest BCUT2D eigenvalue weighted by molar-refractivity contribution is 0.0892. The second-order valence-electron chi connectivity index (χ2n) is 5.18. The van der Waals surface area contributed by atoms with E-state index in [1.807, 2.05) is 24.3 Å². The van der Waals surface area contributed by atoms with E-state index >= 15 is 0 Å². The van der Waals surface area contributed by atoms with E-state index in [1.165, 1.54) is 24.8 Å². The number of benzene rings is 1. The molecule has 1 aliphatic rings. The quantitative estimate of drug-likeness (QED) is 0.527. The van der Waals surface area contributed by atoms with Crippen LogP contribution < -0.4 is 0 Å². The zero-order valence-corrected chi connectivity index (χ0v) is 11.0. The van der Waals surface area contributed by atoms with Crippen molar-refractivity contribution in [1.82, 2.24) is 0 Å². The van der Waals surface area contributed by atoms with Crippen molar-refractivity contribution in [3.05, 3.63) is 48.0 Å². The van der Waals surface area contributed by atoms with Crippen molar-refractivity contribution in [3.63, 3.8) is 0 Å². The van der Waals surface area contributed by atoms with E-state index in [9.17, 15) is 4.79 Å². The molecule has 0 fully saturated rings. The third-order valence-electron chi connectivity index (χ3n) is 3.88. The number of hydrogen-bond donors (Lipinski definition) is 0. The van der Waals surface area contributed by atoms with Gasteiger partial charge in [0.25, 0.3) is 0 Å². The van der Waals surface area contributed by atoms with E-state index in [2.05, 4.69) is 12.6 Å². The summed E-state index contributed by atoms with van der Waals surface area (Å²) >= 11 is 0. The minimum Gasteiger partial charge on any atom is -0.294 e. The Hall–Kier alpha value is -1.37. The summed E-state index contributed by atoms with van der Waals surface area (Å²) in [6, 6.07) is 8.08. The van der Waals surface area contributed by atoms with Gasteiger partial charge in [0.1, 0.15) is 0 Å². The standard InChI is InChI=1S/C17H22O/c1-2-3-4-5-6-10-15-13-12-14-9-7-8-11-16(14)17(15)18/h2,7-9,11,15H,1,3-6,10,12-13H2. The maximum Gasteiger partial charge on any atom is 0.166 e. The molecule has 1 aromatic carbocycles. The summed E-state index contributed by atoms with van der Waals surface area (Å²) in [5, 5.41) is 0. The number of fused-ring (bicyclic) bond motifs is 1. The summed E-state index contributed by atoms with van der Waals surface area (Å²) < 4.78 is 0. The monoisotopic (exact) mass is 242 g/mol. The third-order valence-corrected chi connectivity index (χ3v) is 3.88. The second kappa shape index (κ2) is 6.53. The van der Waals surface area contributed by atoms with Gasteiger partial charge in [-0.15, -0.1) is 6.58 Å². The number of carbonyl (C=O) groups is 1. The van der Waals surface area contributed by atoms with Gasteiger partial charge in [-0.3, -0.25) is 4.79 Å². The summed E-state index contributed by atoms with van der Waals surface area (Å²) in [5.41, 5.74) is 2.21. The molecule has 0 spiro atoms. The normalized spacial score (nSPS) is 18.4. The molecule has 96 valence electrons. The number of carbonyl (C=O) groups excluding carboxylic acids is 1. The minimum absolute atomic E-state index is 0.267. The largest absolute Gasteiger partial charge is 0.294 e. The van der Waals surface area contributed by atoms with Gasteiger partial charge in [-0.2, -0.15) is 0 Å². The van der Waals surface area contributed by atoms with Crippen LogP contribution in [0.25, 0.3) is 0 Å². The lowest BCUT2D eigenvalue weighted by Crippen LogP contribution is -2.22. The summed E-state index contributed by atoms with van der Waals surface area (Å²) in [7, 11) is 0. The highest BCUT2D eigenvalue weighted by atomic mass is 16.1. The molecule has 1 atom stereocenters. The Balaban J connectivity index is 1.86. The Labute approximate surface area is 110 Å². The molecule has 0 amide bonds. The Kier molecular flexibility index (Phi) is 4.74. The van der Waals surface area contributed by atoms with E-state index in [0.29, 0.717) is 5.78 Å². The van der Waals surface area contributed by atoms with Crippen molar-refractivity contribution in [1.29, 1.82) is 0 Å². The maximum atomic E-state index is 12.3. The second-order valence-corrected chi connectivity index (χ2v) is 5.18. The van der Waals surface area contributed by atoms with E-state index in [0.717, 1.165) is 31.2 Å². The molecule has 18 heavy (non-hydrogen) atoms. The van der Waals surface area contributed by atoms with Gasteiger partial charge in [-0.05, 0) is 37.7 Å². The van der Waals surface area contributed by atoms with Gasteiger partial charge in [0.05, 0.1) is 0 Å². The van der Waals surface area contributed by atoms with Crippen LogP contribution in [0, 0.1) is 5.92 Å². The van der Waals surface area contributed by atoms with Crippen LogP contribution in [0.15, 0.2) is 36.9 Å². The van der Waals surface area contributed by atoms with Gasteiger partial charge in [0.15, 0.2) is 5.78 Å². The topological polar surface area (TPSA) is 17.1 Å². The summed E-state index contributed by atoms with van der Waals surface area (Å²) in [4.78, 5) is 12.3. The summed E-state index contributed by atoms with van der Waals surface area (Å²) in [6.45, 7) is 3.73. The van der Waals surface area contributed by atoms with Crippen LogP contribution in [0.5, 0.6) is 0 Å². The molecule has 1 heteroatoms. The Bertz CT molecular complexity index is 419. The van der Waals surface area contributed by atoms with E-state index in [-0.39, 0.29) is 5.92 Å². The summed E-state index contributed by atoms with van der Waals surface area (Å²) in [5.74, 6) is 0.643. The van der Waals surface area contributed by atoms with Crippen LogP contribution in [-0.2, 0) is 6.42 Å². The molecular weight excluding hydrogens is 220 g/mol. The molecule has 0 saturated carbocycles. The fraction of sp³-hybridized carbons (Fsp3) is 0.471. The lowest BCUT2D eigenvalue weighted by atomic mass is 9.80. The van der Waals surface area contributed by atoms with E-state index < -0.39 is 0 Å². The number of Topliss-reactive ketones (excluding diaryl/α,β-unsaturated/α-hetero) is 1. The molecule has 1 nitrogen and oxygen atoms in total. The van der Waals surface area contributed by atoms with Crippen LogP contribution >= 0.6 is 0 Å². The van der Waals surface area contributed by atoms with Crippen LogP contribution in [0.1, 0.15) is 54.4 Å². The first kappa shape index (κ1) is 13.1. The van der Waals surface area contributed by atoms with Gasteiger partial charge in [-0.1, -0.05) is 43.2 Å². The molecule has 0 N–H and O–H groups in total.